The van der Waals surface area contributed by atoms with E-state index in [9.17, 15) is 14.9 Å². The molecule has 7 heteroatoms. The molecule has 1 aromatic heterocycles. The molecule has 1 heterocycles. The summed E-state index contributed by atoms with van der Waals surface area (Å²) in [6.45, 7) is 6.24. The predicted octanol–water partition coefficient (Wildman–Crippen LogP) is 5.60. The van der Waals surface area contributed by atoms with Crippen LogP contribution < -0.4 is 0 Å². The van der Waals surface area contributed by atoms with Gasteiger partial charge in [-0.2, -0.15) is 0 Å². The Morgan fingerprint density at radius 3 is 2.53 bits per heavy atom. The number of nitrogens with zero attached hydrogens (tertiary/aromatic N) is 3. The zero-order chi connectivity index (χ0) is 23.3. The van der Waals surface area contributed by atoms with Crippen LogP contribution in [0, 0.1) is 16.0 Å². The molecule has 1 atom stereocenters. The average Bonchev–Trinajstić information content (AvgIpc) is 3.25. The normalized spacial score (nSPS) is 12.0. The van der Waals surface area contributed by atoms with Crippen LogP contribution in [0.2, 0.25) is 0 Å². The van der Waals surface area contributed by atoms with Crippen LogP contribution in [0.4, 0.5) is 5.69 Å². The molecule has 0 bridgehead atoms. The van der Waals surface area contributed by atoms with Crippen LogP contribution in [-0.4, -0.2) is 27.8 Å². The van der Waals surface area contributed by atoms with Gasteiger partial charge < -0.3 is 9.32 Å². The third-order valence-corrected chi connectivity index (χ3v) is 5.53. The zero-order valence-corrected chi connectivity index (χ0v) is 18.9. The number of oxazole rings is 1. The highest BCUT2D eigenvalue weighted by atomic mass is 16.6. The number of rotatable bonds is 9. The lowest BCUT2D eigenvalue weighted by Gasteiger charge is -2.25. The molecule has 3 rings (SSSR count). The highest BCUT2D eigenvalue weighted by Crippen LogP contribution is 2.25. The van der Waals surface area contributed by atoms with E-state index in [0.717, 1.165) is 17.5 Å². The van der Waals surface area contributed by atoms with Crippen LogP contribution in [0.25, 0.3) is 11.3 Å². The Labute approximate surface area is 188 Å². The minimum atomic E-state index is -0.434. The lowest BCUT2D eigenvalue weighted by atomic mass is 10.0. The topological polar surface area (TPSA) is 89.5 Å². The number of amides is 1. The van der Waals surface area contributed by atoms with E-state index in [4.69, 9.17) is 4.42 Å². The minimum absolute atomic E-state index is 0.0137. The summed E-state index contributed by atoms with van der Waals surface area (Å²) in [5.41, 5.74) is 2.98. The molecule has 0 radical (unpaired) electrons. The maximum absolute atomic E-state index is 12.7. The number of nitro groups is 1. The van der Waals surface area contributed by atoms with Gasteiger partial charge in [-0.05, 0) is 30.4 Å². The molecule has 0 unspecified atom stereocenters. The number of nitro benzene ring substituents is 1. The average molecular weight is 436 g/mol. The zero-order valence-electron chi connectivity index (χ0n) is 18.9. The van der Waals surface area contributed by atoms with Gasteiger partial charge in [-0.1, -0.05) is 50.2 Å². The monoisotopic (exact) mass is 435 g/mol. The molecule has 0 spiro atoms. The van der Waals surface area contributed by atoms with Crippen molar-refractivity contribution in [3.63, 3.8) is 0 Å². The standard InChI is InChI=1S/C25H29N3O4/c1-17(2)14-19-8-10-20(11-9-19)23-16-26-24(32-23)12-13-25(29)27(4)18(3)21-6-5-7-22(15-21)28(30)31/h5-11,15-18H,12-14H2,1-4H3/t18-/m0/s1. The Morgan fingerprint density at radius 1 is 1.16 bits per heavy atom. The van der Waals surface area contributed by atoms with Gasteiger partial charge in [0.15, 0.2) is 11.7 Å². The first kappa shape index (κ1) is 23.2. The molecule has 32 heavy (non-hydrogen) atoms. The van der Waals surface area contributed by atoms with Crippen LogP contribution in [0.15, 0.2) is 59.1 Å². The maximum atomic E-state index is 12.7. The lowest BCUT2D eigenvalue weighted by molar-refractivity contribution is -0.384. The molecule has 0 aliphatic heterocycles. The van der Waals surface area contributed by atoms with Crippen molar-refractivity contribution in [2.45, 2.75) is 46.1 Å². The lowest BCUT2D eigenvalue weighted by Crippen LogP contribution is -2.29. The molecule has 1 amide bonds. The fourth-order valence-corrected chi connectivity index (χ4v) is 3.56. The van der Waals surface area contributed by atoms with Gasteiger partial charge in [-0.15, -0.1) is 0 Å². The molecule has 0 saturated heterocycles. The summed E-state index contributed by atoms with van der Waals surface area (Å²) in [5.74, 6) is 1.72. The van der Waals surface area contributed by atoms with Crippen molar-refractivity contribution in [3.8, 4) is 11.3 Å². The van der Waals surface area contributed by atoms with Crippen LogP contribution in [0.3, 0.4) is 0 Å². The van der Waals surface area contributed by atoms with Crippen LogP contribution >= 0.6 is 0 Å². The van der Waals surface area contributed by atoms with Crippen LogP contribution in [0.1, 0.15) is 50.3 Å². The molecule has 0 aliphatic rings. The Kier molecular flexibility index (Phi) is 7.41. The van der Waals surface area contributed by atoms with Gasteiger partial charge in [0.2, 0.25) is 5.91 Å². The van der Waals surface area contributed by atoms with E-state index in [1.165, 1.54) is 17.7 Å². The van der Waals surface area contributed by atoms with Crippen molar-refractivity contribution < 1.29 is 14.1 Å². The fraction of sp³-hybridized carbons (Fsp3) is 0.360. The van der Waals surface area contributed by atoms with Gasteiger partial charge in [0.05, 0.1) is 17.2 Å². The third-order valence-electron chi connectivity index (χ3n) is 5.53. The van der Waals surface area contributed by atoms with Gasteiger partial charge >= 0.3 is 0 Å². The quantitative estimate of drug-likeness (QED) is 0.322. The maximum Gasteiger partial charge on any atom is 0.269 e. The molecule has 168 valence electrons. The van der Waals surface area contributed by atoms with Crippen molar-refractivity contribution in [1.29, 1.82) is 0 Å². The van der Waals surface area contributed by atoms with E-state index in [1.54, 1.807) is 30.3 Å². The molecule has 7 nitrogen and oxygen atoms in total. The van der Waals surface area contributed by atoms with Crippen molar-refractivity contribution in [2.75, 3.05) is 7.05 Å². The highest BCUT2D eigenvalue weighted by Gasteiger charge is 2.20. The molecule has 0 aliphatic carbocycles. The molecule has 0 N–H and O–H groups in total. The second-order valence-electron chi connectivity index (χ2n) is 8.45. The van der Waals surface area contributed by atoms with Crippen molar-refractivity contribution >= 4 is 11.6 Å². The number of carbonyl (C=O) groups excluding carboxylic acids is 1. The Morgan fingerprint density at radius 2 is 1.88 bits per heavy atom. The molecular formula is C25H29N3O4. The second-order valence-corrected chi connectivity index (χ2v) is 8.45. The van der Waals surface area contributed by atoms with E-state index >= 15 is 0 Å². The minimum Gasteiger partial charge on any atom is -0.441 e. The first-order chi connectivity index (χ1) is 15.2. The molecule has 0 saturated carbocycles. The van der Waals surface area contributed by atoms with Gasteiger partial charge in [-0.3, -0.25) is 14.9 Å². The summed E-state index contributed by atoms with van der Waals surface area (Å²) < 4.78 is 5.85. The summed E-state index contributed by atoms with van der Waals surface area (Å²) in [7, 11) is 1.70. The number of aryl methyl sites for hydroxylation is 1. The molecule has 0 fully saturated rings. The van der Waals surface area contributed by atoms with Gasteiger partial charge in [0, 0.05) is 37.6 Å². The third kappa shape index (κ3) is 5.81. The van der Waals surface area contributed by atoms with Crippen molar-refractivity contribution in [1.82, 2.24) is 9.88 Å². The highest BCUT2D eigenvalue weighted by molar-refractivity contribution is 5.76. The first-order valence-corrected chi connectivity index (χ1v) is 10.8. The van der Waals surface area contributed by atoms with Gasteiger partial charge in [0.25, 0.3) is 5.69 Å². The summed E-state index contributed by atoms with van der Waals surface area (Å²) >= 11 is 0. The smallest absolute Gasteiger partial charge is 0.269 e. The Balaban J connectivity index is 1.58. The van der Waals surface area contributed by atoms with Crippen LogP contribution in [-0.2, 0) is 17.6 Å². The fourth-order valence-electron chi connectivity index (χ4n) is 3.56. The van der Waals surface area contributed by atoms with Crippen molar-refractivity contribution in [2.24, 2.45) is 5.92 Å². The van der Waals surface area contributed by atoms with Crippen molar-refractivity contribution in [3.05, 3.63) is 81.9 Å². The van der Waals surface area contributed by atoms with E-state index in [0.29, 0.717) is 24.0 Å². The number of non-ortho nitro benzene ring substituents is 1. The Bertz CT molecular complexity index is 1070. The van der Waals surface area contributed by atoms with E-state index < -0.39 is 4.92 Å². The number of carbonyl (C=O) groups is 1. The second kappa shape index (κ2) is 10.2. The number of aromatic nitrogens is 1. The number of benzene rings is 2. The van der Waals surface area contributed by atoms with Gasteiger partial charge in [0.1, 0.15) is 0 Å². The van der Waals surface area contributed by atoms with Crippen LogP contribution in [0.5, 0.6) is 0 Å². The van der Waals surface area contributed by atoms with E-state index in [-0.39, 0.29) is 24.1 Å². The summed E-state index contributed by atoms with van der Waals surface area (Å²) in [6, 6.07) is 14.3. The molecule has 3 aromatic rings. The number of hydrogen-bond donors (Lipinski definition) is 0. The SMILES string of the molecule is CC(C)Cc1ccc(-c2cnc(CCC(=O)N(C)[C@@H](C)c3cccc([N+](=O)[O-])c3)o2)cc1. The molecular weight excluding hydrogens is 406 g/mol. The summed E-state index contributed by atoms with van der Waals surface area (Å²) in [5, 5.41) is 11.0. The van der Waals surface area contributed by atoms with E-state index in [1.807, 2.05) is 19.1 Å². The first-order valence-electron chi connectivity index (χ1n) is 10.8. The number of hydrogen-bond acceptors (Lipinski definition) is 5. The Hall–Kier alpha value is -3.48. The summed E-state index contributed by atoms with van der Waals surface area (Å²) in [6.07, 6.45) is 3.35. The largest absolute Gasteiger partial charge is 0.441 e. The van der Waals surface area contributed by atoms with Gasteiger partial charge in [-0.25, -0.2) is 4.98 Å². The summed E-state index contributed by atoms with van der Waals surface area (Å²) in [4.78, 5) is 29.2. The van der Waals surface area contributed by atoms with E-state index in [2.05, 4.69) is 31.0 Å². The molecule has 2 aromatic carbocycles. The predicted molar refractivity (Wildman–Crippen MR) is 123 cm³/mol.